The van der Waals surface area contributed by atoms with Crippen LogP contribution >= 0.6 is 0 Å². The Morgan fingerprint density at radius 2 is 1.37 bits per heavy atom. The van der Waals surface area contributed by atoms with E-state index in [1.54, 1.807) is 0 Å². The number of nitrogens with zero attached hydrogens (tertiary/aromatic N) is 3. The van der Waals surface area contributed by atoms with Crippen LogP contribution in [0, 0.1) is 0 Å². The summed E-state index contributed by atoms with van der Waals surface area (Å²) in [5, 5.41) is 1.07. The molecule has 0 aliphatic rings. The molecule has 132 valence electrons. The molecule has 0 radical (unpaired) electrons. The maximum atomic E-state index is 5.01. The molecular weight excluding hydrogens is 330 g/mol. The lowest BCUT2D eigenvalue weighted by atomic mass is 9.86. The largest absolute Gasteiger partial charge is 0.276 e. The fourth-order valence-electron chi connectivity index (χ4n) is 3.66. The number of imidazole rings is 1. The van der Waals surface area contributed by atoms with Crippen LogP contribution < -0.4 is 0 Å². The molecule has 27 heavy (non-hydrogen) atoms. The van der Waals surface area contributed by atoms with E-state index in [0.29, 0.717) is 0 Å². The van der Waals surface area contributed by atoms with Gasteiger partial charge in [0.25, 0.3) is 0 Å². The average Bonchev–Trinajstić information content (AvgIpc) is 3.07. The van der Waals surface area contributed by atoms with Gasteiger partial charge in [0.1, 0.15) is 11.5 Å². The topological polar surface area (TPSA) is 30.2 Å². The first-order valence-corrected chi connectivity index (χ1v) is 9.29. The van der Waals surface area contributed by atoms with Crippen molar-refractivity contribution in [1.29, 1.82) is 0 Å². The second kappa shape index (κ2) is 5.65. The van der Waals surface area contributed by atoms with Gasteiger partial charge in [-0.15, -0.1) is 0 Å². The molecule has 3 heteroatoms. The summed E-state index contributed by atoms with van der Waals surface area (Å²) >= 11 is 0. The van der Waals surface area contributed by atoms with Gasteiger partial charge < -0.3 is 0 Å². The highest BCUT2D eigenvalue weighted by Crippen LogP contribution is 2.30. The number of hydrogen-bond acceptors (Lipinski definition) is 2. The molecule has 0 saturated heterocycles. The molecule has 5 aromatic rings. The predicted octanol–water partition coefficient (Wildman–Crippen LogP) is 6.00. The zero-order chi connectivity index (χ0) is 18.6. The minimum absolute atomic E-state index is 0.131. The van der Waals surface area contributed by atoms with Crippen LogP contribution in [0.2, 0.25) is 0 Å². The number of aromatic nitrogens is 3. The molecule has 0 amide bonds. The van der Waals surface area contributed by atoms with Crippen molar-refractivity contribution in [3.05, 3.63) is 78.4 Å². The maximum absolute atomic E-state index is 5.01. The van der Waals surface area contributed by atoms with Crippen LogP contribution in [0.5, 0.6) is 0 Å². The third-order valence-corrected chi connectivity index (χ3v) is 5.15. The van der Waals surface area contributed by atoms with E-state index in [-0.39, 0.29) is 5.41 Å². The predicted molar refractivity (Wildman–Crippen MR) is 112 cm³/mol. The van der Waals surface area contributed by atoms with Crippen molar-refractivity contribution in [2.45, 2.75) is 26.2 Å². The van der Waals surface area contributed by atoms with Crippen molar-refractivity contribution in [3.63, 3.8) is 0 Å². The van der Waals surface area contributed by atoms with Crippen LogP contribution in [0.25, 0.3) is 39.0 Å². The third kappa shape index (κ3) is 2.50. The molecule has 2 heterocycles. The van der Waals surface area contributed by atoms with Crippen LogP contribution in [0.1, 0.15) is 26.3 Å². The number of hydrogen-bond donors (Lipinski definition) is 0. The van der Waals surface area contributed by atoms with Crippen LogP contribution in [-0.2, 0) is 5.41 Å². The van der Waals surface area contributed by atoms with E-state index >= 15 is 0 Å². The summed E-state index contributed by atoms with van der Waals surface area (Å²) in [7, 11) is 0. The maximum Gasteiger partial charge on any atom is 0.149 e. The molecule has 0 aliphatic heterocycles. The van der Waals surface area contributed by atoms with Crippen molar-refractivity contribution < 1.29 is 0 Å². The lowest BCUT2D eigenvalue weighted by Gasteiger charge is -2.19. The SMILES string of the molecule is CC(C)(C)c1ccc(-c2nc3ccccc3c3nc4ccccc4n23)cc1. The van der Waals surface area contributed by atoms with E-state index in [4.69, 9.17) is 9.97 Å². The number of rotatable bonds is 1. The number of benzene rings is 3. The van der Waals surface area contributed by atoms with E-state index in [2.05, 4.69) is 79.8 Å². The molecule has 3 aromatic carbocycles. The Hall–Kier alpha value is -3.20. The molecular formula is C24H21N3. The first-order chi connectivity index (χ1) is 13.0. The summed E-state index contributed by atoms with van der Waals surface area (Å²) in [4.78, 5) is 9.92. The lowest BCUT2D eigenvalue weighted by molar-refractivity contribution is 0.590. The van der Waals surface area contributed by atoms with Gasteiger partial charge >= 0.3 is 0 Å². The van der Waals surface area contributed by atoms with Gasteiger partial charge in [0, 0.05) is 10.9 Å². The summed E-state index contributed by atoms with van der Waals surface area (Å²) in [6.07, 6.45) is 0. The normalized spacial score (nSPS) is 12.3. The summed E-state index contributed by atoms with van der Waals surface area (Å²) in [5.41, 5.74) is 6.54. The van der Waals surface area contributed by atoms with Crippen LogP contribution in [0.4, 0.5) is 0 Å². The van der Waals surface area contributed by atoms with Gasteiger partial charge in [0.15, 0.2) is 0 Å². The Morgan fingerprint density at radius 3 is 2.11 bits per heavy atom. The first kappa shape index (κ1) is 16.0. The standard InChI is InChI=1S/C24H21N3/c1-24(2,3)17-14-12-16(13-15-17)22-25-19-9-5-4-8-18(19)23-26-20-10-6-7-11-21(20)27(22)23/h4-15H,1-3H3. The second-order valence-corrected chi connectivity index (χ2v) is 8.04. The highest BCUT2D eigenvalue weighted by molar-refractivity contribution is 5.98. The Balaban J connectivity index is 1.87. The summed E-state index contributed by atoms with van der Waals surface area (Å²) in [6, 6.07) is 25.2. The summed E-state index contributed by atoms with van der Waals surface area (Å²) < 4.78 is 2.18. The quantitative estimate of drug-likeness (QED) is 0.371. The Morgan fingerprint density at radius 1 is 0.704 bits per heavy atom. The van der Waals surface area contributed by atoms with Gasteiger partial charge in [-0.2, -0.15) is 0 Å². The monoisotopic (exact) mass is 351 g/mol. The molecule has 0 spiro atoms. The van der Waals surface area contributed by atoms with Crippen molar-refractivity contribution in [1.82, 2.24) is 14.4 Å². The molecule has 3 nitrogen and oxygen atoms in total. The molecule has 2 aromatic heterocycles. The molecule has 0 atom stereocenters. The van der Waals surface area contributed by atoms with E-state index in [9.17, 15) is 0 Å². The van der Waals surface area contributed by atoms with Gasteiger partial charge in [0.05, 0.1) is 16.6 Å². The number of fused-ring (bicyclic) bond motifs is 5. The third-order valence-electron chi connectivity index (χ3n) is 5.15. The highest BCUT2D eigenvalue weighted by atomic mass is 15.1. The van der Waals surface area contributed by atoms with Crippen molar-refractivity contribution >= 4 is 27.6 Å². The van der Waals surface area contributed by atoms with Crippen molar-refractivity contribution in [2.75, 3.05) is 0 Å². The minimum Gasteiger partial charge on any atom is -0.276 e. The summed E-state index contributed by atoms with van der Waals surface area (Å²) in [6.45, 7) is 6.70. The molecule has 0 bridgehead atoms. The fourth-order valence-corrected chi connectivity index (χ4v) is 3.66. The zero-order valence-electron chi connectivity index (χ0n) is 15.8. The van der Waals surface area contributed by atoms with Crippen LogP contribution in [0.3, 0.4) is 0 Å². The molecule has 0 aliphatic carbocycles. The first-order valence-electron chi connectivity index (χ1n) is 9.29. The van der Waals surface area contributed by atoms with Crippen LogP contribution in [-0.4, -0.2) is 14.4 Å². The Labute approximate surface area is 158 Å². The lowest BCUT2D eigenvalue weighted by Crippen LogP contribution is -2.10. The Bertz CT molecular complexity index is 1290. The minimum atomic E-state index is 0.131. The van der Waals surface area contributed by atoms with E-state index in [1.807, 2.05) is 18.2 Å². The van der Waals surface area contributed by atoms with Gasteiger partial charge in [-0.05, 0) is 35.2 Å². The van der Waals surface area contributed by atoms with E-state index in [1.165, 1.54) is 5.56 Å². The van der Waals surface area contributed by atoms with Crippen molar-refractivity contribution in [2.24, 2.45) is 0 Å². The summed E-state index contributed by atoms with van der Waals surface area (Å²) in [5.74, 6) is 0.929. The van der Waals surface area contributed by atoms with E-state index in [0.717, 1.165) is 39.0 Å². The molecule has 0 fully saturated rings. The van der Waals surface area contributed by atoms with Gasteiger partial charge in [-0.25, -0.2) is 9.97 Å². The number of para-hydroxylation sites is 3. The van der Waals surface area contributed by atoms with E-state index < -0.39 is 0 Å². The zero-order valence-corrected chi connectivity index (χ0v) is 15.8. The molecule has 0 unspecified atom stereocenters. The van der Waals surface area contributed by atoms with Crippen LogP contribution in [0.15, 0.2) is 72.8 Å². The highest BCUT2D eigenvalue weighted by Gasteiger charge is 2.17. The molecule has 5 rings (SSSR count). The average molecular weight is 351 g/mol. The Kier molecular flexibility index (Phi) is 3.35. The van der Waals surface area contributed by atoms with Crippen molar-refractivity contribution in [3.8, 4) is 11.4 Å². The van der Waals surface area contributed by atoms with Gasteiger partial charge in [0.2, 0.25) is 0 Å². The fraction of sp³-hybridized carbons (Fsp3) is 0.167. The van der Waals surface area contributed by atoms with Gasteiger partial charge in [-0.1, -0.05) is 69.3 Å². The molecule has 0 N–H and O–H groups in total. The van der Waals surface area contributed by atoms with Gasteiger partial charge in [-0.3, -0.25) is 4.40 Å². The molecule has 0 saturated carbocycles. The smallest absolute Gasteiger partial charge is 0.149 e. The second-order valence-electron chi connectivity index (χ2n) is 8.04.